The SMILES string of the molecule is Cc1ccc(N2CCC(C(=O)N3CCC(C(=O)O)CC3)CC2)cc1C(=O)N(C=O)C1CCC(=O)NC1=O. The maximum Gasteiger partial charge on any atom is 0.306 e. The normalized spacial score (nSPS) is 21.4. The summed E-state index contributed by atoms with van der Waals surface area (Å²) in [4.78, 5) is 77.6. The number of imide groups is 2. The molecule has 3 aliphatic heterocycles. The molecule has 0 bridgehead atoms. The number of nitrogens with one attached hydrogen (secondary N) is 1. The lowest BCUT2D eigenvalue weighted by atomic mass is 9.91. The second-order valence-corrected chi connectivity index (χ2v) is 9.98. The highest BCUT2D eigenvalue weighted by atomic mass is 16.4. The predicted octanol–water partition coefficient (Wildman–Crippen LogP) is 0.938. The number of hydrogen-bond donors (Lipinski definition) is 2. The summed E-state index contributed by atoms with van der Waals surface area (Å²) in [5, 5.41) is 11.3. The van der Waals surface area contributed by atoms with Gasteiger partial charge in [0.2, 0.25) is 24.1 Å². The molecule has 0 spiro atoms. The van der Waals surface area contributed by atoms with Gasteiger partial charge >= 0.3 is 5.97 Å². The lowest BCUT2D eigenvalue weighted by Crippen LogP contribution is -2.54. The minimum Gasteiger partial charge on any atom is -0.481 e. The molecule has 1 atom stereocenters. The molecule has 1 aromatic rings. The molecule has 3 saturated heterocycles. The highest BCUT2D eigenvalue weighted by Gasteiger charge is 2.36. The van der Waals surface area contributed by atoms with Crippen LogP contribution in [0.15, 0.2) is 18.2 Å². The number of aryl methyl sites for hydroxylation is 1. The van der Waals surface area contributed by atoms with Crippen molar-refractivity contribution in [2.45, 2.75) is 51.5 Å². The number of hydrogen-bond acceptors (Lipinski definition) is 7. The molecule has 3 fully saturated rings. The van der Waals surface area contributed by atoms with Gasteiger partial charge < -0.3 is 14.9 Å². The molecule has 2 N–H and O–H groups in total. The van der Waals surface area contributed by atoms with Crippen molar-refractivity contribution in [3.8, 4) is 0 Å². The van der Waals surface area contributed by atoms with Crippen LogP contribution in [0.25, 0.3) is 0 Å². The second kappa shape index (κ2) is 11.1. The first-order chi connectivity index (χ1) is 17.7. The quantitative estimate of drug-likeness (QED) is 0.423. The minimum absolute atomic E-state index is 0.0539. The van der Waals surface area contributed by atoms with Crippen LogP contribution in [-0.2, 0) is 24.0 Å². The van der Waals surface area contributed by atoms with Crippen molar-refractivity contribution in [2.75, 3.05) is 31.1 Å². The molecule has 3 heterocycles. The second-order valence-electron chi connectivity index (χ2n) is 9.98. The Kier molecular flexibility index (Phi) is 7.89. The van der Waals surface area contributed by atoms with Gasteiger partial charge in [-0.25, -0.2) is 0 Å². The molecular weight excluding hydrogens is 480 g/mol. The Hall–Kier alpha value is -3.76. The first kappa shape index (κ1) is 26.3. The maximum absolute atomic E-state index is 13.3. The topological polar surface area (TPSA) is 144 Å². The van der Waals surface area contributed by atoms with Gasteiger partial charge in [0, 0.05) is 49.8 Å². The van der Waals surface area contributed by atoms with Gasteiger partial charge in [0.25, 0.3) is 5.91 Å². The fourth-order valence-electron chi connectivity index (χ4n) is 5.38. The minimum atomic E-state index is -1.03. The molecule has 5 amide bonds. The number of carboxylic acid groups (broad SMARTS) is 1. The lowest BCUT2D eigenvalue weighted by molar-refractivity contribution is -0.147. The van der Waals surface area contributed by atoms with Crippen LogP contribution < -0.4 is 10.2 Å². The van der Waals surface area contributed by atoms with Crippen molar-refractivity contribution in [3.05, 3.63) is 29.3 Å². The molecule has 0 aliphatic carbocycles. The van der Waals surface area contributed by atoms with Gasteiger partial charge in [-0.15, -0.1) is 0 Å². The number of amides is 5. The summed E-state index contributed by atoms with van der Waals surface area (Å²) < 4.78 is 0. The van der Waals surface area contributed by atoms with E-state index in [1.165, 1.54) is 0 Å². The van der Waals surface area contributed by atoms with Crippen LogP contribution in [0.3, 0.4) is 0 Å². The fourth-order valence-corrected chi connectivity index (χ4v) is 5.38. The fraction of sp³-hybridized carbons (Fsp3) is 0.538. The summed E-state index contributed by atoms with van der Waals surface area (Å²) >= 11 is 0. The molecule has 1 unspecified atom stereocenters. The van der Waals surface area contributed by atoms with E-state index < -0.39 is 29.7 Å². The van der Waals surface area contributed by atoms with Gasteiger partial charge in [0.15, 0.2) is 0 Å². The Morgan fingerprint density at radius 2 is 1.65 bits per heavy atom. The Morgan fingerprint density at radius 3 is 2.24 bits per heavy atom. The third-order valence-corrected chi connectivity index (χ3v) is 7.71. The summed E-state index contributed by atoms with van der Waals surface area (Å²) in [5.41, 5.74) is 1.74. The Bertz CT molecular complexity index is 1100. The van der Waals surface area contributed by atoms with Gasteiger partial charge in [-0.3, -0.25) is 39.0 Å². The number of carboxylic acids is 1. The van der Waals surface area contributed by atoms with E-state index in [1.54, 1.807) is 24.0 Å². The Balaban J connectivity index is 1.39. The summed E-state index contributed by atoms with van der Waals surface area (Å²) in [6.07, 6.45) is 2.73. The van der Waals surface area contributed by atoms with Crippen molar-refractivity contribution >= 4 is 41.7 Å². The van der Waals surface area contributed by atoms with E-state index in [0.717, 1.165) is 10.6 Å². The zero-order valence-corrected chi connectivity index (χ0v) is 20.9. The standard InChI is InChI=1S/C26H32N4O7/c1-16-2-3-19(14-20(16)25(35)30(15-31)21-4-5-22(32)27-23(21)33)28-10-6-17(7-11-28)24(34)29-12-8-18(9-13-29)26(36)37/h2-3,14-15,17-18,21H,4-13H2,1H3,(H,36,37)(H,27,32,33). The number of aliphatic carboxylic acids is 1. The number of anilines is 1. The molecule has 11 heteroatoms. The molecule has 0 radical (unpaired) electrons. The van der Waals surface area contributed by atoms with Crippen molar-refractivity contribution in [3.63, 3.8) is 0 Å². The molecule has 0 aromatic heterocycles. The summed E-state index contributed by atoms with van der Waals surface area (Å²) in [7, 11) is 0. The highest BCUT2D eigenvalue weighted by Crippen LogP contribution is 2.29. The van der Waals surface area contributed by atoms with Crippen LogP contribution in [0.4, 0.5) is 5.69 Å². The van der Waals surface area contributed by atoms with E-state index in [-0.39, 0.29) is 30.6 Å². The number of nitrogens with zero attached hydrogens (tertiary/aromatic N) is 3. The Morgan fingerprint density at radius 1 is 1.00 bits per heavy atom. The molecule has 3 aliphatic rings. The van der Waals surface area contributed by atoms with E-state index in [2.05, 4.69) is 10.2 Å². The van der Waals surface area contributed by atoms with Gasteiger partial charge in [0.1, 0.15) is 6.04 Å². The van der Waals surface area contributed by atoms with Gasteiger partial charge in [0.05, 0.1) is 5.92 Å². The van der Waals surface area contributed by atoms with Crippen molar-refractivity contribution < 1.29 is 33.9 Å². The zero-order chi connectivity index (χ0) is 26.7. The summed E-state index contributed by atoms with van der Waals surface area (Å²) in [6, 6.07) is 4.36. The van der Waals surface area contributed by atoms with E-state index in [0.29, 0.717) is 69.4 Å². The van der Waals surface area contributed by atoms with Crippen LogP contribution in [0.5, 0.6) is 0 Å². The molecule has 11 nitrogen and oxygen atoms in total. The van der Waals surface area contributed by atoms with Crippen molar-refractivity contribution in [2.24, 2.45) is 11.8 Å². The number of carbonyl (C=O) groups is 6. The molecular formula is C26H32N4O7. The number of rotatable bonds is 6. The third kappa shape index (κ3) is 5.65. The van der Waals surface area contributed by atoms with E-state index >= 15 is 0 Å². The zero-order valence-electron chi connectivity index (χ0n) is 20.9. The number of piperidine rings is 3. The highest BCUT2D eigenvalue weighted by molar-refractivity contribution is 6.07. The summed E-state index contributed by atoms with van der Waals surface area (Å²) in [5.74, 6) is -2.91. The largest absolute Gasteiger partial charge is 0.481 e. The average Bonchev–Trinajstić information content (AvgIpc) is 2.90. The molecule has 1 aromatic carbocycles. The number of likely N-dealkylation sites (tertiary alicyclic amines) is 1. The first-order valence-electron chi connectivity index (χ1n) is 12.7. The number of carbonyl (C=O) groups excluding carboxylic acids is 5. The van der Waals surface area contributed by atoms with Crippen LogP contribution in [0.1, 0.15) is 54.4 Å². The van der Waals surface area contributed by atoms with Crippen LogP contribution >= 0.6 is 0 Å². The monoisotopic (exact) mass is 512 g/mol. The smallest absolute Gasteiger partial charge is 0.306 e. The molecule has 0 saturated carbocycles. The van der Waals surface area contributed by atoms with Crippen LogP contribution in [0, 0.1) is 18.8 Å². The third-order valence-electron chi connectivity index (χ3n) is 7.71. The van der Waals surface area contributed by atoms with E-state index in [4.69, 9.17) is 0 Å². The molecule has 37 heavy (non-hydrogen) atoms. The van der Waals surface area contributed by atoms with Crippen LogP contribution in [0.2, 0.25) is 0 Å². The van der Waals surface area contributed by atoms with Crippen molar-refractivity contribution in [1.29, 1.82) is 0 Å². The maximum atomic E-state index is 13.3. The Labute approximate surface area is 214 Å². The van der Waals surface area contributed by atoms with E-state index in [1.807, 2.05) is 6.07 Å². The van der Waals surface area contributed by atoms with E-state index in [9.17, 15) is 33.9 Å². The average molecular weight is 513 g/mol. The van der Waals surface area contributed by atoms with Crippen molar-refractivity contribution in [1.82, 2.24) is 15.1 Å². The molecule has 4 rings (SSSR count). The number of benzene rings is 1. The predicted molar refractivity (Wildman–Crippen MR) is 131 cm³/mol. The summed E-state index contributed by atoms with van der Waals surface area (Å²) in [6.45, 7) is 3.93. The van der Waals surface area contributed by atoms with Crippen LogP contribution in [-0.4, -0.2) is 83.1 Å². The van der Waals surface area contributed by atoms with Gasteiger partial charge in [-0.1, -0.05) is 6.07 Å². The van der Waals surface area contributed by atoms with Gasteiger partial charge in [-0.05, 0) is 56.7 Å². The lowest BCUT2D eigenvalue weighted by Gasteiger charge is -2.37. The molecule has 198 valence electrons. The first-order valence-corrected chi connectivity index (χ1v) is 12.7. The van der Waals surface area contributed by atoms with Gasteiger partial charge in [-0.2, -0.15) is 0 Å².